The number of pyridine rings is 1. The number of methoxy groups -OCH3 is 1. The molecular formula is C25H27N7O3. The first-order chi connectivity index (χ1) is 16.9. The third-order valence-corrected chi connectivity index (χ3v) is 6.22. The van der Waals surface area contributed by atoms with Crippen LogP contribution >= 0.6 is 0 Å². The number of hydrogen-bond acceptors (Lipinski definition) is 7. The number of amides is 1. The largest absolute Gasteiger partial charge is 0.480 e. The van der Waals surface area contributed by atoms with Gasteiger partial charge in [-0.1, -0.05) is 18.2 Å². The molecule has 0 spiro atoms. The van der Waals surface area contributed by atoms with Gasteiger partial charge in [-0.25, -0.2) is 9.67 Å². The highest BCUT2D eigenvalue weighted by Crippen LogP contribution is 2.30. The molecule has 0 radical (unpaired) electrons. The van der Waals surface area contributed by atoms with Crippen molar-refractivity contribution in [3.05, 3.63) is 58.5 Å². The van der Waals surface area contributed by atoms with Crippen molar-refractivity contribution in [3.63, 3.8) is 0 Å². The van der Waals surface area contributed by atoms with Gasteiger partial charge in [-0.15, -0.1) is 0 Å². The van der Waals surface area contributed by atoms with Gasteiger partial charge < -0.3 is 19.9 Å². The Hall–Kier alpha value is -4.21. The Morgan fingerprint density at radius 2 is 1.86 bits per heavy atom. The molecule has 0 atom stereocenters. The van der Waals surface area contributed by atoms with E-state index in [2.05, 4.69) is 20.3 Å². The molecule has 10 nitrogen and oxygen atoms in total. The van der Waals surface area contributed by atoms with E-state index in [1.807, 2.05) is 49.4 Å². The second-order valence-corrected chi connectivity index (χ2v) is 8.63. The van der Waals surface area contributed by atoms with Gasteiger partial charge in [0.15, 0.2) is 5.52 Å². The summed E-state index contributed by atoms with van der Waals surface area (Å²) in [5.74, 6) is 1.53. The predicted octanol–water partition coefficient (Wildman–Crippen LogP) is 2.59. The Balaban J connectivity index is 1.48. The van der Waals surface area contributed by atoms with Crippen molar-refractivity contribution in [1.29, 1.82) is 0 Å². The Labute approximate surface area is 202 Å². The van der Waals surface area contributed by atoms with Crippen molar-refractivity contribution in [3.8, 4) is 23.0 Å². The van der Waals surface area contributed by atoms with Gasteiger partial charge in [0.2, 0.25) is 11.8 Å². The van der Waals surface area contributed by atoms with E-state index in [9.17, 15) is 9.59 Å². The number of anilines is 1. The summed E-state index contributed by atoms with van der Waals surface area (Å²) in [6.45, 7) is 4.93. The average Bonchev–Trinajstić information content (AvgIpc) is 3.21. The first kappa shape index (κ1) is 22.6. The summed E-state index contributed by atoms with van der Waals surface area (Å²) in [6.07, 6.45) is 1.70. The van der Waals surface area contributed by atoms with E-state index in [0.717, 1.165) is 37.4 Å². The van der Waals surface area contributed by atoms with E-state index in [-0.39, 0.29) is 17.5 Å². The minimum absolute atomic E-state index is 0.00407. The number of nitrogens with one attached hydrogen (secondary N) is 2. The number of aromatic amines is 1. The third kappa shape index (κ3) is 4.34. The fourth-order valence-electron chi connectivity index (χ4n) is 4.53. The minimum Gasteiger partial charge on any atom is -0.480 e. The average molecular weight is 474 g/mol. The number of nitrogens with zero attached hydrogens (tertiary/aromatic N) is 5. The number of ether oxygens (including phenoxy) is 1. The van der Waals surface area contributed by atoms with Crippen LogP contribution in [0, 0.1) is 6.92 Å². The van der Waals surface area contributed by atoms with E-state index in [0.29, 0.717) is 34.0 Å². The lowest BCUT2D eigenvalue weighted by atomic mass is 10.0. The lowest BCUT2D eigenvalue weighted by molar-refractivity contribution is -0.119. The van der Waals surface area contributed by atoms with Crippen molar-refractivity contribution in [2.24, 2.45) is 0 Å². The monoisotopic (exact) mass is 473 g/mol. The van der Waals surface area contributed by atoms with Crippen LogP contribution in [0.4, 0.5) is 5.82 Å². The number of fused-ring (bicyclic) bond motifs is 1. The zero-order chi connectivity index (χ0) is 24.5. The molecule has 4 aromatic rings. The van der Waals surface area contributed by atoms with Gasteiger partial charge in [0, 0.05) is 26.1 Å². The maximum atomic E-state index is 13.1. The zero-order valence-corrected chi connectivity index (χ0v) is 19.9. The lowest BCUT2D eigenvalue weighted by Crippen LogP contribution is -2.44. The van der Waals surface area contributed by atoms with Gasteiger partial charge in [0.1, 0.15) is 17.2 Å². The van der Waals surface area contributed by atoms with Crippen molar-refractivity contribution in [1.82, 2.24) is 30.0 Å². The Morgan fingerprint density at radius 3 is 2.54 bits per heavy atom. The molecule has 0 bridgehead atoms. The number of carbonyl (C=O) groups is 1. The molecule has 180 valence electrons. The summed E-state index contributed by atoms with van der Waals surface area (Å²) >= 11 is 0. The van der Waals surface area contributed by atoms with E-state index in [1.54, 1.807) is 18.7 Å². The maximum Gasteiger partial charge on any atom is 0.277 e. The molecule has 0 unspecified atom stereocenters. The van der Waals surface area contributed by atoms with Crippen LogP contribution in [0.3, 0.4) is 0 Å². The van der Waals surface area contributed by atoms with Crippen molar-refractivity contribution < 1.29 is 9.53 Å². The predicted molar refractivity (Wildman–Crippen MR) is 133 cm³/mol. The van der Waals surface area contributed by atoms with E-state index >= 15 is 0 Å². The molecule has 5 rings (SSSR count). The summed E-state index contributed by atoms with van der Waals surface area (Å²) in [7, 11) is 1.55. The Kier molecular flexibility index (Phi) is 5.94. The molecule has 4 heterocycles. The van der Waals surface area contributed by atoms with Crippen LogP contribution < -0.4 is 20.5 Å². The van der Waals surface area contributed by atoms with E-state index < -0.39 is 0 Å². The lowest BCUT2D eigenvalue weighted by Gasteiger charge is -2.33. The van der Waals surface area contributed by atoms with Gasteiger partial charge in [-0.05, 0) is 44.0 Å². The minimum atomic E-state index is -0.291. The molecule has 1 saturated heterocycles. The third-order valence-electron chi connectivity index (χ3n) is 6.22. The quantitative estimate of drug-likeness (QED) is 0.457. The zero-order valence-electron chi connectivity index (χ0n) is 19.9. The maximum absolute atomic E-state index is 13.1. The smallest absolute Gasteiger partial charge is 0.277 e. The molecule has 0 saturated carbocycles. The normalized spacial score (nSPS) is 14.3. The van der Waals surface area contributed by atoms with Crippen LogP contribution in [0.1, 0.15) is 25.5 Å². The van der Waals surface area contributed by atoms with Gasteiger partial charge in [0.25, 0.3) is 5.56 Å². The molecule has 0 aliphatic carbocycles. The summed E-state index contributed by atoms with van der Waals surface area (Å²) in [4.78, 5) is 38.9. The molecule has 35 heavy (non-hydrogen) atoms. The molecule has 10 heteroatoms. The highest BCUT2D eigenvalue weighted by molar-refractivity contribution is 5.81. The number of hydrogen-bond donors (Lipinski definition) is 2. The fraction of sp³-hybridized carbons (Fsp3) is 0.320. The van der Waals surface area contributed by atoms with Crippen molar-refractivity contribution in [2.45, 2.75) is 32.7 Å². The van der Waals surface area contributed by atoms with Crippen LogP contribution in [0.2, 0.25) is 0 Å². The van der Waals surface area contributed by atoms with Crippen molar-refractivity contribution in [2.75, 3.05) is 25.1 Å². The molecule has 1 fully saturated rings. The highest BCUT2D eigenvalue weighted by Gasteiger charge is 2.23. The van der Waals surface area contributed by atoms with Gasteiger partial charge in [-0.3, -0.25) is 9.59 Å². The SMILES string of the molecule is COc1nc(N2CCC(NC(C)=O)CC2)ccc1-c1nc2c(C)nn(-c3ccccc3)c2c(=O)[nH]1. The Bertz CT molecular complexity index is 1440. The van der Waals surface area contributed by atoms with Crippen LogP contribution in [0.5, 0.6) is 5.88 Å². The van der Waals surface area contributed by atoms with Gasteiger partial charge in [-0.2, -0.15) is 10.1 Å². The second-order valence-electron chi connectivity index (χ2n) is 8.63. The van der Waals surface area contributed by atoms with Crippen LogP contribution in [0.15, 0.2) is 47.3 Å². The topological polar surface area (TPSA) is 118 Å². The molecular weight excluding hydrogens is 446 g/mol. The Morgan fingerprint density at radius 1 is 1.11 bits per heavy atom. The number of para-hydroxylation sites is 1. The number of carbonyl (C=O) groups excluding carboxylic acids is 1. The molecule has 1 amide bonds. The number of piperidine rings is 1. The molecule has 1 aliphatic heterocycles. The van der Waals surface area contributed by atoms with Crippen LogP contribution in [-0.4, -0.2) is 56.9 Å². The number of aryl methyl sites for hydroxylation is 1. The number of H-pyrrole nitrogens is 1. The molecule has 1 aliphatic rings. The molecule has 3 aromatic heterocycles. The summed E-state index contributed by atoms with van der Waals surface area (Å²) in [5, 5.41) is 7.54. The van der Waals surface area contributed by atoms with Crippen LogP contribution in [0.25, 0.3) is 28.1 Å². The van der Waals surface area contributed by atoms with Gasteiger partial charge >= 0.3 is 0 Å². The molecule has 1 aromatic carbocycles. The molecule has 2 N–H and O–H groups in total. The van der Waals surface area contributed by atoms with Gasteiger partial charge in [0.05, 0.1) is 24.1 Å². The van der Waals surface area contributed by atoms with Crippen molar-refractivity contribution >= 4 is 22.8 Å². The van der Waals surface area contributed by atoms with Crippen LogP contribution in [-0.2, 0) is 4.79 Å². The summed E-state index contributed by atoms with van der Waals surface area (Å²) in [5.41, 5.74) is 2.66. The number of benzene rings is 1. The first-order valence-electron chi connectivity index (χ1n) is 11.6. The number of aromatic nitrogens is 5. The standard InChI is InChI=1S/C25H27N7O3/c1-15-21-22(32(30-15)18-7-5-4-6-8-18)24(34)29-23(28-21)19-9-10-20(27-25(19)35-3)31-13-11-17(12-14-31)26-16(2)33/h4-10,17H,11-14H2,1-3H3,(H,26,33)(H,28,29,34). The first-order valence-corrected chi connectivity index (χ1v) is 11.6. The summed E-state index contributed by atoms with van der Waals surface area (Å²) in [6, 6.07) is 13.4. The second kappa shape index (κ2) is 9.21. The van der Waals surface area contributed by atoms with E-state index in [4.69, 9.17) is 14.7 Å². The summed E-state index contributed by atoms with van der Waals surface area (Å²) < 4.78 is 7.20. The number of rotatable bonds is 5. The van der Waals surface area contributed by atoms with E-state index in [1.165, 1.54) is 0 Å². The highest BCUT2D eigenvalue weighted by atomic mass is 16.5. The fourth-order valence-corrected chi connectivity index (χ4v) is 4.53.